The van der Waals surface area contributed by atoms with Gasteiger partial charge in [0.25, 0.3) is 11.8 Å². The summed E-state index contributed by atoms with van der Waals surface area (Å²) in [5.74, 6) is -0.740. The number of quaternary nitrogens is 1. The molecule has 4 rings (SSSR count). The Morgan fingerprint density at radius 1 is 1.03 bits per heavy atom. The summed E-state index contributed by atoms with van der Waals surface area (Å²) in [7, 11) is 1.33. The molecule has 2 fully saturated rings. The molecule has 9 heteroatoms. The number of rotatable bonds is 8. The number of aryl methyl sites for hydroxylation is 1. The standard InChI is InChI=1S/C26H33N3O5S/c1-19-16-35-24(25(32)33-2)23(19)27-21(30)14-29(12-8-3-4-9-13-29)15-22(31)28-26(17-34-18-26)20-10-6-5-7-11-20/h5-7,10-11,16H,3-4,8-9,12-15,17-18H2,1-2H3,(H-,27,28,30,31,32)/p+1. The van der Waals surface area contributed by atoms with Gasteiger partial charge in [0.15, 0.2) is 13.1 Å². The average Bonchev–Trinajstić information content (AvgIpc) is 3.02. The fourth-order valence-corrected chi connectivity index (χ4v) is 5.97. The molecule has 0 radical (unpaired) electrons. The van der Waals surface area contributed by atoms with Gasteiger partial charge < -0.3 is 24.6 Å². The van der Waals surface area contributed by atoms with E-state index < -0.39 is 11.5 Å². The van der Waals surface area contributed by atoms with E-state index in [1.165, 1.54) is 18.4 Å². The molecule has 2 aliphatic rings. The molecule has 0 aliphatic carbocycles. The third kappa shape index (κ3) is 5.74. The maximum Gasteiger partial charge on any atom is 0.350 e. The minimum Gasteiger partial charge on any atom is -0.465 e. The predicted octanol–water partition coefficient (Wildman–Crippen LogP) is 3.21. The summed E-state index contributed by atoms with van der Waals surface area (Å²) in [5.41, 5.74) is 1.83. The lowest BCUT2D eigenvalue weighted by molar-refractivity contribution is -0.912. The number of anilines is 1. The number of amides is 2. The summed E-state index contributed by atoms with van der Waals surface area (Å²) >= 11 is 1.25. The molecular weight excluding hydrogens is 466 g/mol. The van der Waals surface area contributed by atoms with Crippen molar-refractivity contribution in [2.75, 3.05) is 51.8 Å². The van der Waals surface area contributed by atoms with Crippen LogP contribution in [0.5, 0.6) is 0 Å². The normalized spacial score (nSPS) is 18.6. The molecule has 1 aromatic heterocycles. The summed E-state index contributed by atoms with van der Waals surface area (Å²) in [6.07, 6.45) is 4.14. The smallest absolute Gasteiger partial charge is 0.350 e. The monoisotopic (exact) mass is 500 g/mol. The van der Waals surface area contributed by atoms with E-state index in [-0.39, 0.29) is 24.9 Å². The molecule has 2 aliphatic heterocycles. The van der Waals surface area contributed by atoms with Crippen LogP contribution in [0.1, 0.15) is 46.5 Å². The molecule has 2 N–H and O–H groups in total. The summed E-state index contributed by atoms with van der Waals surface area (Å²) in [6.45, 7) is 4.68. The lowest BCUT2D eigenvalue weighted by Gasteiger charge is -2.44. The first-order chi connectivity index (χ1) is 16.9. The number of thiophene rings is 1. The first-order valence-electron chi connectivity index (χ1n) is 12.1. The van der Waals surface area contributed by atoms with Crippen molar-refractivity contribution in [1.82, 2.24) is 5.32 Å². The highest BCUT2D eigenvalue weighted by atomic mass is 32.1. The number of esters is 1. The van der Waals surface area contributed by atoms with Gasteiger partial charge in [-0.1, -0.05) is 30.3 Å². The highest BCUT2D eigenvalue weighted by molar-refractivity contribution is 7.12. The number of carbonyl (C=O) groups excluding carboxylic acids is 3. The van der Waals surface area contributed by atoms with Gasteiger partial charge in [0.2, 0.25) is 0 Å². The van der Waals surface area contributed by atoms with Crippen molar-refractivity contribution < 1.29 is 28.3 Å². The second-order valence-corrected chi connectivity index (χ2v) is 10.6. The van der Waals surface area contributed by atoms with Crippen LogP contribution in [0.25, 0.3) is 0 Å². The van der Waals surface area contributed by atoms with Gasteiger partial charge in [-0.3, -0.25) is 9.59 Å². The molecule has 1 aromatic carbocycles. The number of likely N-dealkylation sites (tertiary alicyclic amines) is 1. The Hall–Kier alpha value is -2.75. The Balaban J connectivity index is 1.49. The fourth-order valence-electron chi connectivity index (χ4n) is 5.04. The van der Waals surface area contributed by atoms with Crippen LogP contribution >= 0.6 is 11.3 Å². The second kappa shape index (κ2) is 10.9. The largest absolute Gasteiger partial charge is 0.465 e. The number of nitrogens with one attached hydrogen (secondary N) is 2. The van der Waals surface area contributed by atoms with Crippen LogP contribution in [0.4, 0.5) is 5.69 Å². The van der Waals surface area contributed by atoms with E-state index in [4.69, 9.17) is 9.47 Å². The van der Waals surface area contributed by atoms with Gasteiger partial charge in [0, 0.05) is 0 Å². The van der Waals surface area contributed by atoms with E-state index in [0.29, 0.717) is 28.3 Å². The van der Waals surface area contributed by atoms with E-state index in [2.05, 4.69) is 10.6 Å². The number of hydrogen-bond acceptors (Lipinski definition) is 6. The Morgan fingerprint density at radius 3 is 2.29 bits per heavy atom. The van der Waals surface area contributed by atoms with Crippen LogP contribution < -0.4 is 10.6 Å². The lowest BCUT2D eigenvalue weighted by atomic mass is 9.88. The topological polar surface area (TPSA) is 93.7 Å². The van der Waals surface area contributed by atoms with Crippen molar-refractivity contribution in [3.05, 3.63) is 51.7 Å². The highest BCUT2D eigenvalue weighted by Gasteiger charge is 2.43. The van der Waals surface area contributed by atoms with E-state index in [9.17, 15) is 14.4 Å². The number of carbonyl (C=O) groups is 3. The molecule has 0 spiro atoms. The van der Waals surface area contributed by atoms with Crippen LogP contribution in [0, 0.1) is 6.92 Å². The Morgan fingerprint density at radius 2 is 1.69 bits per heavy atom. The Kier molecular flexibility index (Phi) is 7.88. The number of hydrogen-bond donors (Lipinski definition) is 2. The van der Waals surface area contributed by atoms with Crippen molar-refractivity contribution in [1.29, 1.82) is 0 Å². The molecule has 8 nitrogen and oxygen atoms in total. The summed E-state index contributed by atoms with van der Waals surface area (Å²) < 4.78 is 10.7. The summed E-state index contributed by atoms with van der Waals surface area (Å²) in [5, 5.41) is 8.00. The minimum absolute atomic E-state index is 0.0752. The van der Waals surface area contributed by atoms with Crippen molar-refractivity contribution in [2.45, 2.75) is 38.1 Å². The molecule has 2 aromatic rings. The van der Waals surface area contributed by atoms with E-state index in [0.717, 1.165) is 49.9 Å². The van der Waals surface area contributed by atoms with Crippen molar-refractivity contribution in [3.8, 4) is 0 Å². The zero-order valence-corrected chi connectivity index (χ0v) is 21.2. The van der Waals surface area contributed by atoms with E-state index in [1.807, 2.05) is 42.6 Å². The minimum atomic E-state index is -0.514. The average molecular weight is 501 g/mol. The molecule has 35 heavy (non-hydrogen) atoms. The zero-order chi connectivity index (χ0) is 24.9. The Bertz CT molecular complexity index is 1060. The van der Waals surface area contributed by atoms with Crippen LogP contribution in [-0.2, 0) is 24.6 Å². The van der Waals surface area contributed by atoms with Gasteiger partial charge >= 0.3 is 5.97 Å². The third-order valence-electron chi connectivity index (χ3n) is 6.99. The third-order valence-corrected chi connectivity index (χ3v) is 8.06. The summed E-state index contributed by atoms with van der Waals surface area (Å²) in [4.78, 5) is 39.1. The molecular formula is C26H34N3O5S+. The predicted molar refractivity (Wildman–Crippen MR) is 134 cm³/mol. The first kappa shape index (κ1) is 25.3. The molecule has 0 saturated carbocycles. The molecule has 0 atom stereocenters. The molecule has 188 valence electrons. The van der Waals surface area contributed by atoms with Gasteiger partial charge in [0.05, 0.1) is 39.1 Å². The van der Waals surface area contributed by atoms with Crippen molar-refractivity contribution in [2.24, 2.45) is 0 Å². The molecule has 0 bridgehead atoms. The quantitative estimate of drug-likeness (QED) is 0.429. The molecule has 2 saturated heterocycles. The van der Waals surface area contributed by atoms with Crippen LogP contribution in [-0.4, -0.2) is 68.8 Å². The highest BCUT2D eigenvalue weighted by Crippen LogP contribution is 2.31. The first-order valence-corrected chi connectivity index (χ1v) is 13.0. The molecule has 2 amide bonds. The van der Waals surface area contributed by atoms with Gasteiger partial charge in [-0.2, -0.15) is 0 Å². The summed E-state index contributed by atoms with van der Waals surface area (Å²) in [6, 6.07) is 9.89. The maximum atomic E-state index is 13.4. The van der Waals surface area contributed by atoms with Crippen molar-refractivity contribution in [3.63, 3.8) is 0 Å². The van der Waals surface area contributed by atoms with Crippen molar-refractivity contribution >= 4 is 34.8 Å². The number of ether oxygens (including phenoxy) is 2. The van der Waals surface area contributed by atoms with Crippen LogP contribution in [0.15, 0.2) is 35.7 Å². The zero-order valence-electron chi connectivity index (χ0n) is 20.4. The molecule has 3 heterocycles. The maximum absolute atomic E-state index is 13.4. The van der Waals surface area contributed by atoms with Gasteiger partial charge in [-0.25, -0.2) is 4.79 Å². The van der Waals surface area contributed by atoms with Crippen LogP contribution in [0.3, 0.4) is 0 Å². The van der Waals surface area contributed by atoms with Crippen LogP contribution in [0.2, 0.25) is 0 Å². The van der Waals surface area contributed by atoms with Gasteiger partial charge in [0.1, 0.15) is 10.4 Å². The fraction of sp³-hybridized carbons (Fsp3) is 0.500. The second-order valence-electron chi connectivity index (χ2n) is 9.67. The van der Waals surface area contributed by atoms with E-state index >= 15 is 0 Å². The Labute approximate surface area is 210 Å². The molecule has 0 unspecified atom stereocenters. The number of benzene rings is 1. The lowest BCUT2D eigenvalue weighted by Crippen LogP contribution is -2.63. The van der Waals surface area contributed by atoms with Gasteiger partial charge in [-0.05, 0) is 49.1 Å². The van der Waals surface area contributed by atoms with Gasteiger partial charge in [-0.15, -0.1) is 11.3 Å². The van der Waals surface area contributed by atoms with E-state index in [1.54, 1.807) is 0 Å². The number of nitrogens with zero attached hydrogens (tertiary/aromatic N) is 1. The number of methoxy groups -OCH3 is 1. The SMILES string of the molecule is COC(=O)c1scc(C)c1NC(=O)C[N+]1(CC(=O)NC2(c3ccccc3)COC2)CCCCCC1.